The summed E-state index contributed by atoms with van der Waals surface area (Å²) < 4.78 is 11.2. The zero-order valence-electron chi connectivity index (χ0n) is 9.30. The van der Waals surface area contributed by atoms with Crippen molar-refractivity contribution >= 4 is 13.6 Å². The molecule has 0 spiro atoms. The van der Waals surface area contributed by atoms with Gasteiger partial charge in [0, 0.05) is 0 Å². The van der Waals surface area contributed by atoms with Crippen LogP contribution in [0.25, 0.3) is 0 Å². The van der Waals surface area contributed by atoms with Crippen molar-refractivity contribution in [2.24, 2.45) is 5.41 Å². The summed E-state index contributed by atoms with van der Waals surface area (Å²) in [5, 5.41) is 8.95. The summed E-state index contributed by atoms with van der Waals surface area (Å²) in [4.78, 5) is 29.2. The van der Waals surface area contributed by atoms with E-state index in [4.69, 9.17) is 14.9 Å². The van der Waals surface area contributed by atoms with Crippen molar-refractivity contribution in [3.8, 4) is 0 Å². The third-order valence-corrected chi connectivity index (χ3v) is 4.70. The van der Waals surface area contributed by atoms with Gasteiger partial charge in [-0.3, -0.25) is 9.36 Å². The van der Waals surface area contributed by atoms with Crippen molar-refractivity contribution < 1.29 is 24.3 Å². The summed E-state index contributed by atoms with van der Waals surface area (Å²) in [5.74, 6) is -1.41. The van der Waals surface area contributed by atoms with Crippen molar-refractivity contribution in [1.29, 1.82) is 0 Å². The van der Waals surface area contributed by atoms with E-state index in [0.717, 1.165) is 0 Å². The van der Waals surface area contributed by atoms with Gasteiger partial charge in [0.1, 0.15) is 0 Å². The van der Waals surface area contributed by atoms with Gasteiger partial charge in [-0.05, 0) is 24.7 Å². The molecule has 0 aromatic heterocycles. The topological polar surface area (TPSA) is 94.8 Å². The molecule has 5 nitrogen and oxygen atoms in total. The molecule has 0 fully saturated rings. The second kappa shape index (κ2) is 5.10. The van der Waals surface area contributed by atoms with Crippen LogP contribution < -0.4 is 0 Å². The average Bonchev–Trinajstić information content (AvgIpc) is 2.11. The summed E-state index contributed by atoms with van der Waals surface area (Å²) >= 11 is 0. The second-order valence-electron chi connectivity index (χ2n) is 3.75. The summed E-state index contributed by atoms with van der Waals surface area (Å²) in [7, 11) is -4.60. The van der Waals surface area contributed by atoms with Crippen molar-refractivity contribution in [2.75, 3.05) is 0 Å². The van der Waals surface area contributed by atoms with Crippen LogP contribution in [0.3, 0.4) is 0 Å². The molecule has 0 aliphatic heterocycles. The number of carbonyl (C=O) groups is 1. The third kappa shape index (κ3) is 3.03. The molecular formula is C9H19O5P. The van der Waals surface area contributed by atoms with E-state index in [1.54, 1.807) is 20.8 Å². The van der Waals surface area contributed by atoms with Crippen molar-refractivity contribution in [2.45, 2.75) is 45.7 Å². The van der Waals surface area contributed by atoms with Crippen molar-refractivity contribution in [3.05, 3.63) is 0 Å². The summed E-state index contributed by atoms with van der Waals surface area (Å²) in [6.45, 7) is 5.29. The van der Waals surface area contributed by atoms with Gasteiger partial charge in [0.15, 0.2) is 5.66 Å². The normalized spacial score (nSPS) is 15.0. The molecule has 0 bridgehead atoms. The standard InChI is InChI=1S/C9H19O5P/c1-4-9(5-2,6-3)7(8(10)11)15(12,13)14/h7H,4-6H2,1-3H3,(H,10,11)(H2,12,13,14). The molecule has 90 valence electrons. The van der Waals surface area contributed by atoms with E-state index in [0.29, 0.717) is 19.3 Å². The van der Waals surface area contributed by atoms with Gasteiger partial charge < -0.3 is 14.9 Å². The maximum Gasteiger partial charge on any atom is 0.340 e. The zero-order valence-corrected chi connectivity index (χ0v) is 10.2. The highest BCUT2D eigenvalue weighted by Crippen LogP contribution is 2.54. The number of aliphatic carboxylic acids is 1. The molecule has 0 saturated heterocycles. The molecule has 0 aliphatic rings. The predicted octanol–water partition coefficient (Wildman–Crippen LogP) is 1.83. The Morgan fingerprint density at radius 1 is 1.20 bits per heavy atom. The Balaban J connectivity index is 5.39. The van der Waals surface area contributed by atoms with E-state index in [2.05, 4.69) is 0 Å². The van der Waals surface area contributed by atoms with Crippen LogP contribution in [0.2, 0.25) is 0 Å². The first-order valence-electron chi connectivity index (χ1n) is 5.03. The highest BCUT2D eigenvalue weighted by molar-refractivity contribution is 7.53. The number of hydrogen-bond donors (Lipinski definition) is 3. The average molecular weight is 238 g/mol. The molecular weight excluding hydrogens is 219 g/mol. The minimum atomic E-state index is -4.60. The minimum absolute atomic E-state index is 0.447. The molecule has 1 unspecified atom stereocenters. The van der Waals surface area contributed by atoms with Gasteiger partial charge in [0.05, 0.1) is 0 Å². The van der Waals surface area contributed by atoms with Crippen LogP contribution >= 0.6 is 7.60 Å². The Morgan fingerprint density at radius 2 is 1.53 bits per heavy atom. The number of rotatable bonds is 6. The lowest BCUT2D eigenvalue weighted by atomic mass is 9.76. The Hall–Kier alpha value is -0.380. The summed E-state index contributed by atoms with van der Waals surface area (Å²) in [5.41, 5.74) is -2.41. The highest BCUT2D eigenvalue weighted by Gasteiger charge is 2.49. The van der Waals surface area contributed by atoms with Gasteiger partial charge in [-0.1, -0.05) is 20.8 Å². The van der Waals surface area contributed by atoms with Gasteiger partial charge in [0.25, 0.3) is 0 Å². The maximum absolute atomic E-state index is 11.2. The fourth-order valence-electron chi connectivity index (χ4n) is 2.09. The minimum Gasteiger partial charge on any atom is -0.481 e. The smallest absolute Gasteiger partial charge is 0.340 e. The largest absolute Gasteiger partial charge is 0.481 e. The third-order valence-electron chi connectivity index (χ3n) is 3.26. The zero-order chi connectivity index (χ0) is 12.3. The molecule has 0 amide bonds. The Kier molecular flexibility index (Phi) is 4.97. The van der Waals surface area contributed by atoms with Crippen LogP contribution in [0.1, 0.15) is 40.0 Å². The van der Waals surface area contributed by atoms with Crippen LogP contribution in [0.15, 0.2) is 0 Å². The van der Waals surface area contributed by atoms with Crippen LogP contribution in [0.5, 0.6) is 0 Å². The molecule has 6 heteroatoms. The number of carboxylic acid groups (broad SMARTS) is 1. The Morgan fingerprint density at radius 3 is 1.60 bits per heavy atom. The van der Waals surface area contributed by atoms with Gasteiger partial charge in [-0.2, -0.15) is 0 Å². The molecule has 15 heavy (non-hydrogen) atoms. The van der Waals surface area contributed by atoms with E-state index in [1.165, 1.54) is 0 Å². The van der Waals surface area contributed by atoms with Crippen molar-refractivity contribution in [3.63, 3.8) is 0 Å². The lowest BCUT2D eigenvalue weighted by Gasteiger charge is -2.36. The first-order valence-corrected chi connectivity index (χ1v) is 6.71. The van der Waals surface area contributed by atoms with Crippen LogP contribution in [-0.2, 0) is 9.36 Å². The SMILES string of the molecule is CCC(CC)(CC)C(C(=O)O)P(=O)(O)O. The first-order chi connectivity index (χ1) is 6.75. The van der Waals surface area contributed by atoms with E-state index in [1.807, 2.05) is 0 Å². The molecule has 0 aromatic carbocycles. The van der Waals surface area contributed by atoms with E-state index in [-0.39, 0.29) is 0 Å². The Bertz CT molecular complexity index is 257. The van der Waals surface area contributed by atoms with E-state index in [9.17, 15) is 9.36 Å². The monoisotopic (exact) mass is 238 g/mol. The van der Waals surface area contributed by atoms with Crippen LogP contribution in [-0.4, -0.2) is 26.5 Å². The molecule has 0 aromatic rings. The Labute approximate surface area is 89.7 Å². The molecule has 0 saturated carbocycles. The lowest BCUT2D eigenvalue weighted by Crippen LogP contribution is -2.39. The van der Waals surface area contributed by atoms with E-state index >= 15 is 0 Å². The van der Waals surface area contributed by atoms with Crippen molar-refractivity contribution in [1.82, 2.24) is 0 Å². The first kappa shape index (κ1) is 14.6. The fraction of sp³-hybridized carbons (Fsp3) is 0.889. The van der Waals surface area contributed by atoms with E-state index < -0.39 is 24.6 Å². The highest BCUT2D eigenvalue weighted by atomic mass is 31.2. The molecule has 0 aliphatic carbocycles. The predicted molar refractivity (Wildman–Crippen MR) is 56.8 cm³/mol. The second-order valence-corrected chi connectivity index (χ2v) is 5.45. The van der Waals surface area contributed by atoms with Gasteiger partial charge in [-0.15, -0.1) is 0 Å². The molecule has 0 rings (SSSR count). The van der Waals surface area contributed by atoms with Gasteiger partial charge in [-0.25, -0.2) is 0 Å². The molecule has 0 radical (unpaired) electrons. The lowest BCUT2D eigenvalue weighted by molar-refractivity contribution is -0.139. The quantitative estimate of drug-likeness (QED) is 0.613. The van der Waals surface area contributed by atoms with Gasteiger partial charge >= 0.3 is 13.6 Å². The maximum atomic E-state index is 11.2. The number of carboxylic acids is 1. The van der Waals surface area contributed by atoms with Crippen LogP contribution in [0, 0.1) is 5.41 Å². The van der Waals surface area contributed by atoms with Gasteiger partial charge in [0.2, 0.25) is 0 Å². The molecule has 1 atom stereocenters. The summed E-state index contributed by atoms with van der Waals surface area (Å²) in [6, 6.07) is 0. The molecule has 3 N–H and O–H groups in total. The fourth-order valence-corrected chi connectivity index (χ4v) is 3.64. The summed E-state index contributed by atoms with van der Waals surface area (Å²) in [6.07, 6.45) is 1.34. The number of hydrogen-bond acceptors (Lipinski definition) is 2. The van der Waals surface area contributed by atoms with Crippen LogP contribution in [0.4, 0.5) is 0 Å². The molecule has 0 heterocycles.